The molecule has 0 unspecified atom stereocenters. The molecule has 1 amide bonds. The molecule has 1 aliphatic heterocycles. The fourth-order valence-electron chi connectivity index (χ4n) is 4.32. The molecule has 5 rings (SSSR count). The van der Waals surface area contributed by atoms with Gasteiger partial charge in [-0.25, -0.2) is 13.8 Å². The summed E-state index contributed by atoms with van der Waals surface area (Å²) in [5.74, 6) is -0.0243. The molecule has 1 atom stereocenters. The maximum atomic E-state index is 14.2. The number of amides is 1. The molecule has 1 aromatic heterocycles. The van der Waals surface area contributed by atoms with Crippen LogP contribution in [0.5, 0.6) is 5.75 Å². The Balaban J connectivity index is 1.38. The van der Waals surface area contributed by atoms with Crippen molar-refractivity contribution in [1.29, 1.82) is 0 Å². The van der Waals surface area contributed by atoms with Crippen LogP contribution >= 0.6 is 0 Å². The highest BCUT2D eigenvalue weighted by molar-refractivity contribution is 5.81. The first-order valence-electron chi connectivity index (χ1n) is 10.8. The number of hydrogen-bond acceptors (Lipinski definition) is 4. The summed E-state index contributed by atoms with van der Waals surface area (Å²) in [6.07, 6.45) is 1.92. The second-order valence-electron chi connectivity index (χ2n) is 8.13. The number of rotatable bonds is 5. The van der Waals surface area contributed by atoms with E-state index in [0.29, 0.717) is 34.7 Å². The average molecular weight is 448 g/mol. The fourth-order valence-corrected chi connectivity index (χ4v) is 4.32. The topological polar surface area (TPSA) is 55.6 Å². The van der Waals surface area contributed by atoms with Crippen molar-refractivity contribution in [2.24, 2.45) is 0 Å². The van der Waals surface area contributed by atoms with Gasteiger partial charge in [0.05, 0.1) is 13.5 Å². The Kier molecular flexibility index (Phi) is 5.54. The van der Waals surface area contributed by atoms with Crippen LogP contribution in [0.15, 0.2) is 65.1 Å². The molecule has 0 aliphatic carbocycles. The van der Waals surface area contributed by atoms with Gasteiger partial charge < -0.3 is 14.1 Å². The van der Waals surface area contributed by atoms with Gasteiger partial charge in [0.15, 0.2) is 5.58 Å². The minimum Gasteiger partial charge on any atom is -0.497 e. The number of benzene rings is 3. The Morgan fingerprint density at radius 3 is 2.70 bits per heavy atom. The molecule has 4 aromatic rings. The van der Waals surface area contributed by atoms with Gasteiger partial charge >= 0.3 is 0 Å². The Hall–Kier alpha value is -3.74. The molecule has 1 saturated heterocycles. The summed E-state index contributed by atoms with van der Waals surface area (Å²) in [6, 6.07) is 15.9. The number of carbonyl (C=O) groups is 1. The van der Waals surface area contributed by atoms with Crippen LogP contribution in [-0.2, 0) is 11.2 Å². The third-order valence-electron chi connectivity index (χ3n) is 6.02. The summed E-state index contributed by atoms with van der Waals surface area (Å²) in [5, 5.41) is 0. The van der Waals surface area contributed by atoms with E-state index >= 15 is 0 Å². The number of fused-ring (bicyclic) bond motifs is 1. The van der Waals surface area contributed by atoms with Gasteiger partial charge in [0.1, 0.15) is 28.9 Å². The number of hydrogen-bond donors (Lipinski definition) is 0. The van der Waals surface area contributed by atoms with Crippen LogP contribution in [0, 0.1) is 11.6 Å². The van der Waals surface area contributed by atoms with Gasteiger partial charge in [-0.2, -0.15) is 0 Å². The summed E-state index contributed by atoms with van der Waals surface area (Å²) in [4.78, 5) is 19.5. The molecule has 33 heavy (non-hydrogen) atoms. The second-order valence-corrected chi connectivity index (χ2v) is 8.13. The normalized spacial score (nSPS) is 15.8. The molecule has 168 valence electrons. The van der Waals surface area contributed by atoms with Crippen molar-refractivity contribution in [3.05, 3.63) is 83.8 Å². The van der Waals surface area contributed by atoms with E-state index < -0.39 is 11.6 Å². The summed E-state index contributed by atoms with van der Waals surface area (Å²) in [7, 11) is 1.61. The summed E-state index contributed by atoms with van der Waals surface area (Å²) in [5.41, 5.74) is 2.92. The minimum absolute atomic E-state index is 0.0130. The standard InChI is InChI=1S/C26H22F2N2O3/c1-32-19-8-4-16(5-9-19)13-25(31)30-12-2-3-23(30)26-29-22-14-17(6-11-24(22)33-26)20-10-7-18(27)15-21(20)28/h4-11,14-15,23H,2-3,12-13H2,1H3/t23-/m0/s1. The predicted molar refractivity (Wildman–Crippen MR) is 120 cm³/mol. The Morgan fingerprint density at radius 1 is 1.12 bits per heavy atom. The van der Waals surface area contributed by atoms with E-state index in [1.165, 1.54) is 12.1 Å². The summed E-state index contributed by atoms with van der Waals surface area (Å²) >= 11 is 0. The highest BCUT2D eigenvalue weighted by atomic mass is 19.1. The van der Waals surface area contributed by atoms with Crippen molar-refractivity contribution in [3.63, 3.8) is 0 Å². The van der Waals surface area contributed by atoms with Crippen LogP contribution in [0.2, 0.25) is 0 Å². The molecular formula is C26H22F2N2O3. The SMILES string of the molecule is COc1ccc(CC(=O)N2CCC[C@H]2c2nc3cc(-c4ccc(F)cc4F)ccc3o2)cc1. The van der Waals surface area contributed by atoms with Crippen LogP contribution in [-0.4, -0.2) is 29.4 Å². The molecule has 0 radical (unpaired) electrons. The van der Waals surface area contributed by atoms with Gasteiger partial charge in [0.2, 0.25) is 11.8 Å². The van der Waals surface area contributed by atoms with Crippen molar-refractivity contribution in [2.45, 2.75) is 25.3 Å². The van der Waals surface area contributed by atoms with E-state index in [2.05, 4.69) is 4.98 Å². The van der Waals surface area contributed by atoms with E-state index in [-0.39, 0.29) is 18.4 Å². The van der Waals surface area contributed by atoms with E-state index in [9.17, 15) is 13.6 Å². The number of halogens is 2. The second kappa shape index (κ2) is 8.65. The number of ether oxygens (including phenoxy) is 1. The maximum Gasteiger partial charge on any atom is 0.227 e. The third kappa shape index (κ3) is 4.18. The number of nitrogens with zero attached hydrogens (tertiary/aromatic N) is 2. The minimum atomic E-state index is -0.635. The van der Waals surface area contributed by atoms with Crippen LogP contribution in [0.25, 0.3) is 22.2 Å². The van der Waals surface area contributed by atoms with Gasteiger partial charge in [-0.1, -0.05) is 18.2 Å². The van der Waals surface area contributed by atoms with Gasteiger partial charge in [0, 0.05) is 18.2 Å². The zero-order valence-electron chi connectivity index (χ0n) is 18.1. The lowest BCUT2D eigenvalue weighted by Crippen LogP contribution is -2.32. The van der Waals surface area contributed by atoms with Crippen molar-refractivity contribution in [2.75, 3.05) is 13.7 Å². The molecule has 0 N–H and O–H groups in total. The molecule has 1 fully saturated rings. The third-order valence-corrected chi connectivity index (χ3v) is 6.02. The van der Waals surface area contributed by atoms with E-state index in [1.54, 1.807) is 25.3 Å². The monoisotopic (exact) mass is 448 g/mol. The van der Waals surface area contributed by atoms with Gasteiger partial charge in [-0.3, -0.25) is 4.79 Å². The first kappa shape index (κ1) is 21.1. The van der Waals surface area contributed by atoms with E-state index in [0.717, 1.165) is 30.2 Å². The predicted octanol–water partition coefficient (Wildman–Crippen LogP) is 5.69. The van der Waals surface area contributed by atoms with Crippen molar-refractivity contribution in [3.8, 4) is 16.9 Å². The molecular weight excluding hydrogens is 426 g/mol. The molecule has 3 aromatic carbocycles. The molecule has 0 spiro atoms. The lowest BCUT2D eigenvalue weighted by molar-refractivity contribution is -0.131. The molecule has 7 heteroatoms. The van der Waals surface area contributed by atoms with Crippen LogP contribution in [0.4, 0.5) is 8.78 Å². The number of carbonyl (C=O) groups excluding carboxylic acids is 1. The lowest BCUT2D eigenvalue weighted by atomic mass is 10.0. The average Bonchev–Trinajstić information content (AvgIpc) is 3.46. The fraction of sp³-hybridized carbons (Fsp3) is 0.231. The summed E-state index contributed by atoms with van der Waals surface area (Å²) < 4.78 is 38.6. The summed E-state index contributed by atoms with van der Waals surface area (Å²) in [6.45, 7) is 0.643. The largest absolute Gasteiger partial charge is 0.497 e. The van der Waals surface area contributed by atoms with Crippen molar-refractivity contribution < 1.29 is 22.7 Å². The number of likely N-dealkylation sites (tertiary alicyclic amines) is 1. The first-order valence-corrected chi connectivity index (χ1v) is 10.8. The molecule has 5 nitrogen and oxygen atoms in total. The molecule has 0 saturated carbocycles. The Bertz CT molecular complexity index is 1320. The maximum absolute atomic E-state index is 14.2. The van der Waals surface area contributed by atoms with Crippen LogP contribution in [0.3, 0.4) is 0 Å². The molecule has 1 aliphatic rings. The van der Waals surface area contributed by atoms with Gasteiger partial charge in [0.25, 0.3) is 0 Å². The van der Waals surface area contributed by atoms with E-state index in [1.807, 2.05) is 29.2 Å². The zero-order valence-corrected chi connectivity index (χ0v) is 18.1. The highest BCUT2D eigenvalue weighted by Gasteiger charge is 2.33. The van der Waals surface area contributed by atoms with Crippen LogP contribution in [0.1, 0.15) is 30.3 Å². The van der Waals surface area contributed by atoms with Gasteiger partial charge in [-0.05, 0) is 60.4 Å². The highest BCUT2D eigenvalue weighted by Crippen LogP contribution is 2.35. The lowest BCUT2D eigenvalue weighted by Gasteiger charge is -2.22. The van der Waals surface area contributed by atoms with E-state index in [4.69, 9.17) is 9.15 Å². The number of methoxy groups -OCH3 is 1. The zero-order chi connectivity index (χ0) is 22.9. The van der Waals surface area contributed by atoms with Crippen molar-refractivity contribution in [1.82, 2.24) is 9.88 Å². The Labute approximate surface area is 189 Å². The number of oxazole rings is 1. The molecule has 2 heterocycles. The first-order chi connectivity index (χ1) is 16.0. The van der Waals surface area contributed by atoms with Gasteiger partial charge in [-0.15, -0.1) is 0 Å². The quantitative estimate of drug-likeness (QED) is 0.394. The number of aromatic nitrogens is 1. The van der Waals surface area contributed by atoms with Crippen LogP contribution < -0.4 is 4.74 Å². The van der Waals surface area contributed by atoms with Crippen molar-refractivity contribution >= 4 is 17.0 Å². The molecule has 0 bridgehead atoms. The Morgan fingerprint density at radius 2 is 1.94 bits per heavy atom. The smallest absolute Gasteiger partial charge is 0.227 e.